The van der Waals surface area contributed by atoms with Crippen LogP contribution in [0.2, 0.25) is 0 Å². The minimum Gasteiger partial charge on any atom is -0.405 e. The molecule has 0 bridgehead atoms. The van der Waals surface area contributed by atoms with Crippen molar-refractivity contribution >= 4 is 17.4 Å². The Morgan fingerprint density at radius 2 is 1.85 bits per heavy atom. The van der Waals surface area contributed by atoms with E-state index in [0.29, 0.717) is 6.07 Å². The molecular formula is C14H11F6N5O. The molecule has 1 aliphatic heterocycles. The van der Waals surface area contributed by atoms with Gasteiger partial charge < -0.3 is 21.2 Å². The number of hydrogen-bond donors (Lipinski definition) is 3. The molecule has 0 unspecified atom stereocenters. The lowest BCUT2D eigenvalue weighted by Crippen LogP contribution is -2.37. The van der Waals surface area contributed by atoms with Gasteiger partial charge in [0.25, 0.3) is 0 Å². The van der Waals surface area contributed by atoms with E-state index in [1.54, 1.807) is 0 Å². The van der Waals surface area contributed by atoms with Gasteiger partial charge >= 0.3 is 12.5 Å². The van der Waals surface area contributed by atoms with Gasteiger partial charge in [-0.15, -0.1) is 23.4 Å². The van der Waals surface area contributed by atoms with Gasteiger partial charge in [0.2, 0.25) is 5.96 Å². The zero-order chi connectivity index (χ0) is 19.7. The molecule has 0 saturated heterocycles. The summed E-state index contributed by atoms with van der Waals surface area (Å²) in [5.74, 6) is -1.32. The summed E-state index contributed by atoms with van der Waals surface area (Å²) in [5.41, 5.74) is 3.38. The molecule has 1 aromatic carbocycles. The fourth-order valence-corrected chi connectivity index (χ4v) is 2.00. The number of nitrogens with one attached hydrogen (secondary N) is 2. The smallest absolute Gasteiger partial charge is 0.405 e. The van der Waals surface area contributed by atoms with Gasteiger partial charge in [-0.25, -0.2) is 0 Å². The summed E-state index contributed by atoms with van der Waals surface area (Å²) < 4.78 is 80.1. The third-order valence-electron chi connectivity index (χ3n) is 2.93. The molecule has 0 aromatic heterocycles. The van der Waals surface area contributed by atoms with Crippen LogP contribution in [0.3, 0.4) is 0 Å². The zero-order valence-corrected chi connectivity index (χ0v) is 13.0. The molecule has 26 heavy (non-hydrogen) atoms. The molecule has 0 aliphatic carbocycles. The quantitative estimate of drug-likeness (QED) is 0.556. The van der Waals surface area contributed by atoms with E-state index >= 15 is 0 Å². The van der Waals surface area contributed by atoms with Crippen LogP contribution in [-0.2, 0) is 6.18 Å². The highest BCUT2D eigenvalue weighted by atomic mass is 19.4. The fraction of sp³-hybridized carbons (Fsp3) is 0.214. The predicted molar refractivity (Wildman–Crippen MR) is 80.9 cm³/mol. The number of hydrogen-bond acceptors (Lipinski definition) is 6. The van der Waals surface area contributed by atoms with Gasteiger partial charge in [-0.1, -0.05) is 0 Å². The van der Waals surface area contributed by atoms with Crippen molar-refractivity contribution < 1.29 is 31.1 Å². The highest BCUT2D eigenvalue weighted by molar-refractivity contribution is 6.19. The summed E-state index contributed by atoms with van der Waals surface area (Å²) in [5, 5.41) is 17.0. The average Bonchev–Trinajstić information content (AvgIpc) is 2.44. The molecule has 0 fully saturated rings. The van der Waals surface area contributed by atoms with Gasteiger partial charge in [0, 0.05) is 11.3 Å². The zero-order valence-electron chi connectivity index (χ0n) is 13.0. The van der Waals surface area contributed by atoms with E-state index in [1.165, 1.54) is 13.0 Å². The van der Waals surface area contributed by atoms with Crippen LogP contribution in [0.1, 0.15) is 18.1 Å². The number of nitrogens with zero attached hydrogens (tertiary/aromatic N) is 2. The van der Waals surface area contributed by atoms with Crippen LogP contribution in [-0.4, -0.2) is 23.7 Å². The van der Waals surface area contributed by atoms with E-state index in [0.717, 1.165) is 6.07 Å². The number of rotatable bonds is 3. The second-order valence-electron chi connectivity index (χ2n) is 5.06. The molecule has 140 valence electrons. The Labute approximate surface area is 142 Å². The van der Waals surface area contributed by atoms with Crippen molar-refractivity contribution in [3.8, 4) is 5.75 Å². The Hall–Kier alpha value is -3.05. The van der Waals surface area contributed by atoms with Crippen molar-refractivity contribution in [2.75, 3.05) is 0 Å². The third kappa shape index (κ3) is 4.74. The van der Waals surface area contributed by atoms with Crippen LogP contribution in [0.15, 0.2) is 40.2 Å². The fourth-order valence-electron chi connectivity index (χ4n) is 2.00. The highest BCUT2D eigenvalue weighted by Crippen LogP contribution is 2.36. The van der Waals surface area contributed by atoms with Crippen molar-refractivity contribution in [2.24, 2.45) is 15.9 Å². The molecule has 6 nitrogen and oxygen atoms in total. The molecule has 1 aliphatic rings. The largest absolute Gasteiger partial charge is 0.573 e. The SMILES string of the molecule is CC(=N)/C=C1\NC(N)=NN=C1c1ccc(C(F)(F)F)cc1OC(F)(F)F. The summed E-state index contributed by atoms with van der Waals surface area (Å²) in [6, 6.07) is 1.56. The number of guanidine groups is 1. The lowest BCUT2D eigenvalue weighted by Gasteiger charge is -2.20. The van der Waals surface area contributed by atoms with E-state index in [9.17, 15) is 26.3 Å². The van der Waals surface area contributed by atoms with Gasteiger partial charge in [0.15, 0.2) is 0 Å². The van der Waals surface area contributed by atoms with E-state index in [2.05, 4.69) is 20.3 Å². The second-order valence-corrected chi connectivity index (χ2v) is 5.06. The Balaban J connectivity index is 2.65. The molecule has 2 rings (SSSR count). The summed E-state index contributed by atoms with van der Waals surface area (Å²) in [6.45, 7) is 1.37. The van der Waals surface area contributed by atoms with Gasteiger partial charge in [0.1, 0.15) is 11.5 Å². The number of ether oxygens (including phenoxy) is 1. The van der Waals surface area contributed by atoms with Crippen LogP contribution >= 0.6 is 0 Å². The molecule has 0 amide bonds. The number of allylic oxidation sites excluding steroid dienone is 2. The van der Waals surface area contributed by atoms with Crippen LogP contribution in [0.25, 0.3) is 0 Å². The molecule has 12 heteroatoms. The molecule has 0 spiro atoms. The Kier molecular flexibility index (Phi) is 4.96. The van der Waals surface area contributed by atoms with E-state index in [1.807, 2.05) is 0 Å². The molecular weight excluding hydrogens is 368 g/mol. The van der Waals surface area contributed by atoms with Crippen LogP contribution < -0.4 is 15.8 Å². The first-order valence-corrected chi connectivity index (χ1v) is 6.79. The summed E-state index contributed by atoms with van der Waals surface area (Å²) in [7, 11) is 0. The molecule has 1 heterocycles. The van der Waals surface area contributed by atoms with Crippen LogP contribution in [0.4, 0.5) is 26.3 Å². The Morgan fingerprint density at radius 1 is 1.19 bits per heavy atom. The van der Waals surface area contributed by atoms with Crippen molar-refractivity contribution in [1.82, 2.24) is 5.32 Å². The maximum atomic E-state index is 12.8. The Bertz CT molecular complexity index is 822. The average molecular weight is 379 g/mol. The molecule has 0 radical (unpaired) electrons. The Morgan fingerprint density at radius 3 is 2.38 bits per heavy atom. The van der Waals surface area contributed by atoms with Crippen molar-refractivity contribution in [1.29, 1.82) is 5.41 Å². The number of halogens is 6. The highest BCUT2D eigenvalue weighted by Gasteiger charge is 2.36. The standard InChI is InChI=1S/C14H11F6N5O/c1-6(21)4-9-11(24-25-12(22)23-9)8-3-2-7(13(15,16)17)5-10(8)26-14(18,19)20/h2-5,21H,1H3,(H3,22,23,25)/b9-4-,21-6?. The normalized spacial score (nSPS) is 16.7. The first kappa shape index (κ1) is 19.3. The van der Waals surface area contributed by atoms with Crippen molar-refractivity contribution in [3.63, 3.8) is 0 Å². The monoisotopic (exact) mass is 379 g/mol. The third-order valence-corrected chi connectivity index (χ3v) is 2.93. The lowest BCUT2D eigenvalue weighted by molar-refractivity contribution is -0.274. The maximum absolute atomic E-state index is 12.8. The minimum atomic E-state index is -5.23. The predicted octanol–water partition coefficient (Wildman–Crippen LogP) is 3.15. The van der Waals surface area contributed by atoms with E-state index in [4.69, 9.17) is 11.1 Å². The molecule has 0 saturated carbocycles. The van der Waals surface area contributed by atoms with Gasteiger partial charge in [-0.3, -0.25) is 0 Å². The summed E-state index contributed by atoms with van der Waals surface area (Å²) in [6.07, 6.45) is -8.93. The van der Waals surface area contributed by atoms with Gasteiger partial charge in [-0.05, 0) is 31.2 Å². The topological polar surface area (TPSA) is 95.9 Å². The number of nitrogens with two attached hydrogens (primary N) is 1. The first-order valence-electron chi connectivity index (χ1n) is 6.79. The molecule has 0 atom stereocenters. The van der Waals surface area contributed by atoms with Gasteiger partial charge in [0.05, 0.1) is 11.3 Å². The number of benzene rings is 1. The van der Waals surface area contributed by atoms with E-state index < -0.39 is 29.4 Å². The first-order chi connectivity index (χ1) is 11.9. The van der Waals surface area contributed by atoms with E-state index in [-0.39, 0.29) is 29.1 Å². The molecule has 4 N–H and O–H groups in total. The van der Waals surface area contributed by atoms with Crippen molar-refractivity contribution in [3.05, 3.63) is 41.1 Å². The number of alkyl halides is 6. The van der Waals surface area contributed by atoms with Gasteiger partial charge in [-0.2, -0.15) is 13.2 Å². The minimum absolute atomic E-state index is 0.0138. The maximum Gasteiger partial charge on any atom is 0.573 e. The van der Waals surface area contributed by atoms with Crippen LogP contribution in [0.5, 0.6) is 5.75 Å². The lowest BCUT2D eigenvalue weighted by atomic mass is 10.0. The van der Waals surface area contributed by atoms with Crippen LogP contribution in [0, 0.1) is 5.41 Å². The molecule has 1 aromatic rings. The summed E-state index contributed by atoms with van der Waals surface area (Å²) in [4.78, 5) is 0. The van der Waals surface area contributed by atoms with Crippen molar-refractivity contribution in [2.45, 2.75) is 19.5 Å². The summed E-state index contributed by atoms with van der Waals surface area (Å²) >= 11 is 0. The second kappa shape index (κ2) is 6.69.